The highest BCUT2D eigenvalue weighted by Gasteiger charge is 2.53. The second-order valence-electron chi connectivity index (χ2n) is 7.24. The fraction of sp³-hybridized carbons (Fsp3) is 0.571. The van der Waals surface area contributed by atoms with E-state index in [1.165, 1.54) is 0 Å². The van der Waals surface area contributed by atoms with Gasteiger partial charge >= 0.3 is 0 Å². The Bertz CT molecular complexity index is 752. The molecule has 2 N–H and O–H groups in total. The van der Waals surface area contributed by atoms with E-state index in [9.17, 15) is 0 Å². The first kappa shape index (κ1) is 20.3. The van der Waals surface area contributed by atoms with E-state index >= 15 is 0 Å². The summed E-state index contributed by atoms with van der Waals surface area (Å²) in [6.45, 7) is 8.03. The number of hydrogen-bond donors (Lipinski definition) is 2. The first-order chi connectivity index (χ1) is 13.7. The van der Waals surface area contributed by atoms with E-state index < -0.39 is 0 Å². The van der Waals surface area contributed by atoms with Crippen LogP contribution in [0.5, 0.6) is 0 Å². The highest BCUT2D eigenvalue weighted by atomic mass is 16.5. The van der Waals surface area contributed by atoms with Crippen molar-refractivity contribution in [1.29, 1.82) is 0 Å². The lowest BCUT2D eigenvalue weighted by molar-refractivity contribution is -0.133. The zero-order valence-electron chi connectivity index (χ0n) is 17.4. The van der Waals surface area contributed by atoms with Gasteiger partial charge in [0.25, 0.3) is 0 Å². The molecule has 2 unspecified atom stereocenters. The SMILES string of the molecule is CCOC1CC(NC(=NC)NCc2ccc(-n3ccnc3)nc2)C1(CC)CC. The van der Waals surface area contributed by atoms with Gasteiger partial charge in [0.05, 0.1) is 6.10 Å². The lowest BCUT2D eigenvalue weighted by Crippen LogP contribution is -2.65. The summed E-state index contributed by atoms with van der Waals surface area (Å²) < 4.78 is 7.86. The molecule has 152 valence electrons. The average molecular weight is 385 g/mol. The molecule has 28 heavy (non-hydrogen) atoms. The Kier molecular flexibility index (Phi) is 6.67. The molecule has 2 aromatic rings. The van der Waals surface area contributed by atoms with Crippen LogP contribution in [0.4, 0.5) is 0 Å². The van der Waals surface area contributed by atoms with Crippen molar-refractivity contribution in [2.45, 2.75) is 58.7 Å². The number of rotatable bonds is 8. The number of aliphatic imine (C=N–C) groups is 1. The van der Waals surface area contributed by atoms with Gasteiger partial charge in [0.1, 0.15) is 12.1 Å². The van der Waals surface area contributed by atoms with Gasteiger partial charge < -0.3 is 15.4 Å². The van der Waals surface area contributed by atoms with Crippen LogP contribution >= 0.6 is 0 Å². The smallest absolute Gasteiger partial charge is 0.191 e. The van der Waals surface area contributed by atoms with Crippen molar-refractivity contribution in [3.8, 4) is 5.82 Å². The monoisotopic (exact) mass is 384 g/mol. The van der Waals surface area contributed by atoms with Crippen LogP contribution in [0, 0.1) is 5.41 Å². The minimum atomic E-state index is 0.182. The van der Waals surface area contributed by atoms with Gasteiger partial charge in [-0.05, 0) is 37.8 Å². The van der Waals surface area contributed by atoms with Crippen LogP contribution in [0.25, 0.3) is 5.82 Å². The Morgan fingerprint density at radius 3 is 2.71 bits per heavy atom. The predicted octanol–water partition coefficient (Wildman–Crippen LogP) is 2.92. The minimum absolute atomic E-state index is 0.182. The van der Waals surface area contributed by atoms with Gasteiger partial charge in [-0.3, -0.25) is 9.56 Å². The molecule has 0 amide bonds. The topological polar surface area (TPSA) is 76.4 Å². The molecule has 2 heterocycles. The van der Waals surface area contributed by atoms with Crippen molar-refractivity contribution in [3.63, 3.8) is 0 Å². The van der Waals surface area contributed by atoms with E-state index in [-0.39, 0.29) is 5.41 Å². The summed E-state index contributed by atoms with van der Waals surface area (Å²) >= 11 is 0. The van der Waals surface area contributed by atoms with Crippen LogP contribution in [-0.2, 0) is 11.3 Å². The molecule has 1 saturated carbocycles. The lowest BCUT2D eigenvalue weighted by Gasteiger charge is -2.55. The molecule has 7 nitrogen and oxygen atoms in total. The molecule has 0 aromatic carbocycles. The van der Waals surface area contributed by atoms with E-state index in [4.69, 9.17) is 4.74 Å². The van der Waals surface area contributed by atoms with E-state index in [2.05, 4.69) is 52.4 Å². The van der Waals surface area contributed by atoms with Crippen molar-refractivity contribution in [2.75, 3.05) is 13.7 Å². The molecular weight excluding hydrogens is 352 g/mol. The number of imidazole rings is 1. The Hall–Kier alpha value is -2.41. The molecule has 0 aliphatic heterocycles. The van der Waals surface area contributed by atoms with Crippen LogP contribution in [0.2, 0.25) is 0 Å². The third-order valence-electron chi connectivity index (χ3n) is 6.04. The van der Waals surface area contributed by atoms with Gasteiger partial charge in [-0.1, -0.05) is 19.9 Å². The molecule has 7 heteroatoms. The van der Waals surface area contributed by atoms with Crippen LogP contribution in [-0.4, -0.2) is 46.3 Å². The summed E-state index contributed by atoms with van der Waals surface area (Å²) in [7, 11) is 1.81. The molecule has 0 saturated heterocycles. The maximum atomic E-state index is 5.98. The van der Waals surface area contributed by atoms with Crippen molar-refractivity contribution in [3.05, 3.63) is 42.6 Å². The largest absolute Gasteiger partial charge is 0.378 e. The summed E-state index contributed by atoms with van der Waals surface area (Å²) in [5, 5.41) is 7.03. The number of nitrogens with zero attached hydrogens (tertiary/aromatic N) is 4. The summed E-state index contributed by atoms with van der Waals surface area (Å²) in [6, 6.07) is 4.44. The number of ether oxygens (including phenoxy) is 1. The number of pyridine rings is 1. The quantitative estimate of drug-likeness (QED) is 0.541. The van der Waals surface area contributed by atoms with Gasteiger partial charge in [-0.25, -0.2) is 9.97 Å². The van der Waals surface area contributed by atoms with Gasteiger partial charge in [-0.2, -0.15) is 0 Å². The molecule has 1 aliphatic rings. The average Bonchev–Trinajstić information content (AvgIpc) is 3.26. The molecule has 0 spiro atoms. The number of guanidine groups is 1. The normalized spacial score (nSPS) is 21.2. The second-order valence-corrected chi connectivity index (χ2v) is 7.24. The molecule has 0 radical (unpaired) electrons. The number of nitrogens with one attached hydrogen (secondary N) is 2. The fourth-order valence-corrected chi connectivity index (χ4v) is 4.20. The molecule has 0 bridgehead atoms. The summed E-state index contributed by atoms with van der Waals surface area (Å²) in [6.07, 6.45) is 10.8. The van der Waals surface area contributed by atoms with Crippen molar-refractivity contribution in [1.82, 2.24) is 25.2 Å². The first-order valence-corrected chi connectivity index (χ1v) is 10.2. The highest BCUT2D eigenvalue weighted by Crippen LogP contribution is 2.48. The number of hydrogen-bond acceptors (Lipinski definition) is 4. The van der Waals surface area contributed by atoms with Crippen LogP contribution in [0.3, 0.4) is 0 Å². The zero-order valence-corrected chi connectivity index (χ0v) is 17.4. The molecule has 1 fully saturated rings. The first-order valence-electron chi connectivity index (χ1n) is 10.2. The Labute approximate surface area is 167 Å². The third-order valence-corrected chi connectivity index (χ3v) is 6.04. The van der Waals surface area contributed by atoms with Gasteiger partial charge in [0, 0.05) is 50.2 Å². The summed E-state index contributed by atoms with van der Waals surface area (Å²) in [4.78, 5) is 13.0. The maximum Gasteiger partial charge on any atom is 0.191 e. The van der Waals surface area contributed by atoms with Crippen LogP contribution in [0.1, 0.15) is 45.6 Å². The van der Waals surface area contributed by atoms with E-state index in [0.29, 0.717) is 18.7 Å². The van der Waals surface area contributed by atoms with Crippen molar-refractivity contribution in [2.24, 2.45) is 10.4 Å². The molecular formula is C21H32N6O. The van der Waals surface area contributed by atoms with E-state index in [1.54, 1.807) is 12.5 Å². The highest BCUT2D eigenvalue weighted by molar-refractivity contribution is 5.80. The van der Waals surface area contributed by atoms with Crippen molar-refractivity contribution < 1.29 is 4.74 Å². The zero-order chi connectivity index (χ0) is 20.0. The fourth-order valence-electron chi connectivity index (χ4n) is 4.20. The molecule has 2 aromatic heterocycles. The second kappa shape index (κ2) is 9.19. The van der Waals surface area contributed by atoms with Gasteiger partial charge in [-0.15, -0.1) is 0 Å². The van der Waals surface area contributed by atoms with E-state index in [0.717, 1.165) is 43.2 Å². The summed E-state index contributed by atoms with van der Waals surface area (Å²) in [5.41, 5.74) is 1.28. The lowest BCUT2D eigenvalue weighted by atomic mass is 9.58. The van der Waals surface area contributed by atoms with Gasteiger partial charge in [0.15, 0.2) is 5.96 Å². The van der Waals surface area contributed by atoms with Crippen LogP contribution in [0.15, 0.2) is 42.0 Å². The van der Waals surface area contributed by atoms with Gasteiger partial charge in [0.2, 0.25) is 0 Å². The molecule has 1 aliphatic carbocycles. The Morgan fingerprint density at radius 1 is 1.32 bits per heavy atom. The third kappa shape index (κ3) is 4.04. The van der Waals surface area contributed by atoms with Crippen molar-refractivity contribution >= 4 is 5.96 Å². The maximum absolute atomic E-state index is 5.98. The van der Waals surface area contributed by atoms with E-state index in [1.807, 2.05) is 30.1 Å². The predicted molar refractivity (Wildman–Crippen MR) is 112 cm³/mol. The standard InChI is InChI=1S/C21H32N6O/c1-5-21(6-2)17(12-18(21)28-7-3)26-20(22-4)25-14-16-8-9-19(24-13-16)27-11-10-23-15-27/h8-11,13,15,17-18H,5-7,12,14H2,1-4H3,(H2,22,25,26). The minimum Gasteiger partial charge on any atom is -0.378 e. The van der Waals surface area contributed by atoms with Crippen LogP contribution < -0.4 is 10.6 Å². The number of aromatic nitrogens is 3. The molecule has 2 atom stereocenters. The summed E-state index contributed by atoms with van der Waals surface area (Å²) in [5.74, 6) is 1.68. The molecule has 3 rings (SSSR count). The Morgan fingerprint density at radius 2 is 2.14 bits per heavy atom. The Balaban J connectivity index is 1.56.